The van der Waals surface area contributed by atoms with Crippen molar-refractivity contribution >= 4 is 23.3 Å². The summed E-state index contributed by atoms with van der Waals surface area (Å²) in [6.45, 7) is 3.16. The fraction of sp³-hybridized carbons (Fsp3) is 0.263. The average Bonchev–Trinajstić information content (AvgIpc) is 2.93. The van der Waals surface area contributed by atoms with Crippen LogP contribution in [0.1, 0.15) is 28.4 Å². The number of halogens is 1. The molecule has 0 saturated heterocycles. The second-order valence-corrected chi connectivity index (χ2v) is 5.98. The number of methoxy groups -OCH3 is 1. The van der Waals surface area contributed by atoms with Crippen LogP contribution in [0, 0.1) is 6.92 Å². The molecule has 3 nitrogen and oxygen atoms in total. The zero-order chi connectivity index (χ0) is 15.1. The van der Waals surface area contributed by atoms with Gasteiger partial charge in [-0.25, -0.2) is 0 Å². The van der Waals surface area contributed by atoms with Gasteiger partial charge in [0, 0.05) is 23.1 Å². The van der Waals surface area contributed by atoms with E-state index in [1.54, 1.807) is 7.11 Å². The largest absolute Gasteiger partial charge is 0.497 e. The second kappa shape index (κ2) is 6.26. The molecule has 0 aliphatic carbocycles. The lowest BCUT2D eigenvalue weighted by Crippen LogP contribution is -2.30. The lowest BCUT2D eigenvalue weighted by molar-refractivity contribution is 0.414. The van der Waals surface area contributed by atoms with Crippen LogP contribution in [0.25, 0.3) is 10.9 Å². The summed E-state index contributed by atoms with van der Waals surface area (Å²) < 4.78 is 5.26. The van der Waals surface area contributed by atoms with E-state index in [1.807, 2.05) is 12.1 Å². The lowest BCUT2D eigenvalue weighted by atomic mass is 9.94. The number of benzene rings is 2. The molecule has 1 atom stereocenters. The number of nitrogens with one attached hydrogen (secondary N) is 2. The van der Waals surface area contributed by atoms with Crippen molar-refractivity contribution in [3.8, 4) is 5.75 Å². The van der Waals surface area contributed by atoms with Crippen molar-refractivity contribution in [2.75, 3.05) is 13.7 Å². The number of hydrogen-bond acceptors (Lipinski definition) is 2. The van der Waals surface area contributed by atoms with E-state index < -0.39 is 0 Å². The zero-order valence-electron chi connectivity index (χ0n) is 13.3. The van der Waals surface area contributed by atoms with Gasteiger partial charge in [0.15, 0.2) is 0 Å². The SMILES string of the molecule is COc1ccc(C2NCCc3c2[nH]c2ccc(C)cc32)cc1.Cl. The van der Waals surface area contributed by atoms with Gasteiger partial charge in [-0.1, -0.05) is 23.8 Å². The van der Waals surface area contributed by atoms with E-state index >= 15 is 0 Å². The normalized spacial score (nSPS) is 16.7. The summed E-state index contributed by atoms with van der Waals surface area (Å²) in [6.07, 6.45) is 1.07. The molecule has 1 aromatic heterocycles. The van der Waals surface area contributed by atoms with Crippen LogP contribution in [0.5, 0.6) is 5.75 Å². The van der Waals surface area contributed by atoms with Crippen molar-refractivity contribution in [2.24, 2.45) is 0 Å². The average molecular weight is 329 g/mol. The third kappa shape index (κ3) is 2.71. The van der Waals surface area contributed by atoms with Gasteiger partial charge in [-0.15, -0.1) is 12.4 Å². The quantitative estimate of drug-likeness (QED) is 0.741. The number of H-pyrrole nitrogens is 1. The molecule has 23 heavy (non-hydrogen) atoms. The van der Waals surface area contributed by atoms with Gasteiger partial charge in [-0.2, -0.15) is 0 Å². The minimum absolute atomic E-state index is 0. The Morgan fingerprint density at radius 3 is 2.61 bits per heavy atom. The van der Waals surface area contributed by atoms with Gasteiger partial charge in [0.2, 0.25) is 0 Å². The summed E-state index contributed by atoms with van der Waals surface area (Å²) in [5.74, 6) is 0.895. The van der Waals surface area contributed by atoms with Crippen molar-refractivity contribution in [3.63, 3.8) is 0 Å². The number of hydrogen-bond donors (Lipinski definition) is 2. The lowest BCUT2D eigenvalue weighted by Gasteiger charge is -2.25. The van der Waals surface area contributed by atoms with E-state index in [0.717, 1.165) is 18.7 Å². The first-order chi connectivity index (χ1) is 10.8. The molecule has 1 unspecified atom stereocenters. The number of ether oxygens (including phenoxy) is 1. The number of fused-ring (bicyclic) bond motifs is 3. The fourth-order valence-corrected chi connectivity index (χ4v) is 3.42. The molecule has 1 aliphatic rings. The molecule has 0 radical (unpaired) electrons. The van der Waals surface area contributed by atoms with Gasteiger partial charge in [0.25, 0.3) is 0 Å². The molecule has 120 valence electrons. The molecule has 2 heterocycles. The van der Waals surface area contributed by atoms with Gasteiger partial charge < -0.3 is 15.0 Å². The molecule has 0 spiro atoms. The Balaban J connectivity index is 0.00000156. The highest BCUT2D eigenvalue weighted by molar-refractivity contribution is 5.86. The number of rotatable bonds is 2. The highest BCUT2D eigenvalue weighted by Crippen LogP contribution is 2.34. The predicted octanol–water partition coefficient (Wildman–Crippen LogP) is 4.14. The van der Waals surface area contributed by atoms with E-state index in [-0.39, 0.29) is 18.4 Å². The first kappa shape index (κ1) is 15.9. The number of aromatic nitrogens is 1. The van der Waals surface area contributed by atoms with Crippen molar-refractivity contribution in [2.45, 2.75) is 19.4 Å². The zero-order valence-corrected chi connectivity index (χ0v) is 14.2. The van der Waals surface area contributed by atoms with E-state index in [4.69, 9.17) is 4.74 Å². The summed E-state index contributed by atoms with van der Waals surface area (Å²) >= 11 is 0. The maximum absolute atomic E-state index is 5.26. The van der Waals surface area contributed by atoms with E-state index in [2.05, 4.69) is 47.6 Å². The van der Waals surface area contributed by atoms with E-state index in [9.17, 15) is 0 Å². The van der Waals surface area contributed by atoms with Gasteiger partial charge >= 0.3 is 0 Å². The predicted molar refractivity (Wildman–Crippen MR) is 96.8 cm³/mol. The Morgan fingerprint density at radius 1 is 1.09 bits per heavy atom. The van der Waals surface area contributed by atoms with Crippen molar-refractivity contribution < 1.29 is 4.74 Å². The maximum Gasteiger partial charge on any atom is 0.118 e. The van der Waals surface area contributed by atoms with Crippen LogP contribution < -0.4 is 10.1 Å². The van der Waals surface area contributed by atoms with Gasteiger partial charge in [-0.05, 0) is 48.7 Å². The standard InChI is InChI=1S/C19H20N2O.ClH/c1-12-3-8-17-16(11-12)15-9-10-20-18(19(15)21-17)13-4-6-14(22-2)7-5-13;/h3-8,11,18,20-21H,9-10H2,1-2H3;1H. The Kier molecular flexibility index (Phi) is 4.33. The van der Waals surface area contributed by atoms with E-state index in [0.29, 0.717) is 0 Å². The number of aromatic amines is 1. The Bertz CT molecular complexity index is 823. The van der Waals surface area contributed by atoms with Crippen molar-refractivity contribution in [3.05, 3.63) is 64.8 Å². The highest BCUT2D eigenvalue weighted by atomic mass is 35.5. The molecule has 0 saturated carbocycles. The summed E-state index contributed by atoms with van der Waals surface area (Å²) in [4.78, 5) is 3.63. The fourth-order valence-electron chi connectivity index (χ4n) is 3.42. The first-order valence-electron chi connectivity index (χ1n) is 7.74. The molecule has 0 amide bonds. The van der Waals surface area contributed by atoms with Crippen molar-refractivity contribution in [1.29, 1.82) is 0 Å². The van der Waals surface area contributed by atoms with Crippen LogP contribution in [-0.2, 0) is 6.42 Å². The third-order valence-electron chi connectivity index (χ3n) is 4.56. The summed E-state index contributed by atoms with van der Waals surface area (Å²) in [5.41, 5.74) is 6.58. The molecule has 2 aromatic carbocycles. The minimum atomic E-state index is 0. The monoisotopic (exact) mass is 328 g/mol. The molecule has 0 fully saturated rings. The smallest absolute Gasteiger partial charge is 0.118 e. The number of aryl methyl sites for hydroxylation is 1. The summed E-state index contributed by atoms with van der Waals surface area (Å²) in [6, 6.07) is 15.2. The molecule has 2 N–H and O–H groups in total. The topological polar surface area (TPSA) is 37.0 Å². The second-order valence-electron chi connectivity index (χ2n) is 5.98. The Hall–Kier alpha value is -1.97. The third-order valence-corrected chi connectivity index (χ3v) is 4.56. The molecule has 4 heteroatoms. The van der Waals surface area contributed by atoms with Crippen LogP contribution in [0.4, 0.5) is 0 Å². The van der Waals surface area contributed by atoms with Gasteiger partial charge in [0.1, 0.15) is 5.75 Å². The maximum atomic E-state index is 5.26. The van der Waals surface area contributed by atoms with Gasteiger partial charge in [0.05, 0.1) is 13.2 Å². The first-order valence-corrected chi connectivity index (χ1v) is 7.74. The Morgan fingerprint density at radius 2 is 1.87 bits per heavy atom. The van der Waals surface area contributed by atoms with Crippen LogP contribution in [0.3, 0.4) is 0 Å². The highest BCUT2D eigenvalue weighted by Gasteiger charge is 2.25. The summed E-state index contributed by atoms with van der Waals surface area (Å²) in [7, 11) is 1.70. The van der Waals surface area contributed by atoms with E-state index in [1.165, 1.54) is 33.3 Å². The molecule has 4 rings (SSSR count). The van der Waals surface area contributed by atoms with Crippen LogP contribution in [0.2, 0.25) is 0 Å². The molecular weight excluding hydrogens is 308 g/mol. The van der Waals surface area contributed by atoms with Gasteiger partial charge in [-0.3, -0.25) is 0 Å². The molecular formula is C19H21ClN2O. The van der Waals surface area contributed by atoms with Crippen LogP contribution in [-0.4, -0.2) is 18.6 Å². The van der Waals surface area contributed by atoms with Crippen LogP contribution >= 0.6 is 12.4 Å². The minimum Gasteiger partial charge on any atom is -0.497 e. The molecule has 0 bridgehead atoms. The molecule has 1 aliphatic heterocycles. The molecule has 3 aromatic rings. The Labute approximate surface area is 142 Å². The summed E-state index contributed by atoms with van der Waals surface area (Å²) in [5, 5.41) is 5.00. The van der Waals surface area contributed by atoms with Crippen molar-refractivity contribution in [1.82, 2.24) is 10.3 Å². The van der Waals surface area contributed by atoms with Crippen LogP contribution in [0.15, 0.2) is 42.5 Å².